The maximum absolute atomic E-state index is 13.4. The molecule has 8 heteroatoms. The van der Waals surface area contributed by atoms with Crippen LogP contribution in [0.3, 0.4) is 0 Å². The Kier molecular flexibility index (Phi) is 5.74. The fourth-order valence-electron chi connectivity index (χ4n) is 3.65. The van der Waals surface area contributed by atoms with E-state index in [2.05, 4.69) is 5.32 Å². The van der Waals surface area contributed by atoms with Gasteiger partial charge in [-0.25, -0.2) is 4.39 Å². The van der Waals surface area contributed by atoms with Crippen LogP contribution in [0.15, 0.2) is 72.4 Å². The Morgan fingerprint density at radius 1 is 0.939 bits per heavy atom. The number of carbonyl (C=O) groups is 2. The molecule has 0 unspecified atom stereocenters. The summed E-state index contributed by atoms with van der Waals surface area (Å²) in [4.78, 5) is 38.3. The zero-order valence-electron chi connectivity index (χ0n) is 18.0. The highest BCUT2D eigenvalue weighted by molar-refractivity contribution is 6.36. The van der Waals surface area contributed by atoms with E-state index in [-0.39, 0.29) is 23.5 Å². The molecule has 0 spiro atoms. The molecule has 4 rings (SSSR count). The van der Waals surface area contributed by atoms with Gasteiger partial charge in [-0.15, -0.1) is 0 Å². The second-order valence-electron chi connectivity index (χ2n) is 7.75. The van der Waals surface area contributed by atoms with Gasteiger partial charge in [0.05, 0.1) is 17.0 Å². The molecule has 3 aromatic carbocycles. The standard InChI is InChI=1S/C25H20FN3O4/c1-15-4-3-5-21(16(15)2)27-23-22(18-8-12-20(13-9-18)29(32)33)24(30)28(25(23)31)14-17-6-10-19(26)11-7-17/h3-13,27H,14H2,1-2H3. The maximum Gasteiger partial charge on any atom is 0.278 e. The van der Waals surface area contributed by atoms with Crippen LogP contribution < -0.4 is 5.32 Å². The van der Waals surface area contributed by atoms with Crippen molar-refractivity contribution < 1.29 is 18.9 Å². The number of amides is 2. The second kappa shape index (κ2) is 8.66. The number of rotatable bonds is 6. The lowest BCUT2D eigenvalue weighted by Crippen LogP contribution is -2.32. The van der Waals surface area contributed by atoms with Crippen LogP contribution in [0.4, 0.5) is 15.8 Å². The molecule has 166 valence electrons. The van der Waals surface area contributed by atoms with Crippen molar-refractivity contribution in [2.24, 2.45) is 0 Å². The minimum Gasteiger partial charge on any atom is -0.350 e. The Labute approximate surface area is 189 Å². The molecule has 1 aliphatic heterocycles. The number of aryl methyl sites for hydroxylation is 1. The Bertz CT molecular complexity index is 1300. The SMILES string of the molecule is Cc1cccc(NC2=C(c3ccc([N+](=O)[O-])cc3)C(=O)N(Cc3ccc(F)cc3)C2=O)c1C. The van der Waals surface area contributed by atoms with E-state index in [1.165, 1.54) is 48.5 Å². The van der Waals surface area contributed by atoms with E-state index in [0.29, 0.717) is 16.8 Å². The zero-order valence-corrected chi connectivity index (χ0v) is 18.0. The Balaban J connectivity index is 1.77. The third-order valence-corrected chi connectivity index (χ3v) is 5.65. The Hall–Kier alpha value is -4.33. The minimum absolute atomic E-state index is 0.0353. The average molecular weight is 445 g/mol. The monoisotopic (exact) mass is 445 g/mol. The van der Waals surface area contributed by atoms with Gasteiger partial charge in [0.25, 0.3) is 17.5 Å². The Morgan fingerprint density at radius 2 is 1.61 bits per heavy atom. The van der Waals surface area contributed by atoms with Gasteiger partial charge >= 0.3 is 0 Å². The first-order valence-electron chi connectivity index (χ1n) is 10.2. The van der Waals surface area contributed by atoms with Gasteiger partial charge in [0.2, 0.25) is 0 Å². The molecule has 1 N–H and O–H groups in total. The topological polar surface area (TPSA) is 92.6 Å². The molecule has 33 heavy (non-hydrogen) atoms. The number of nitro benzene ring substituents is 1. The van der Waals surface area contributed by atoms with Crippen molar-refractivity contribution in [1.82, 2.24) is 4.90 Å². The summed E-state index contributed by atoms with van der Waals surface area (Å²) < 4.78 is 13.3. The van der Waals surface area contributed by atoms with Gasteiger partial charge in [-0.05, 0) is 66.4 Å². The van der Waals surface area contributed by atoms with Crippen LogP contribution in [-0.2, 0) is 16.1 Å². The average Bonchev–Trinajstić information content (AvgIpc) is 3.02. The van der Waals surface area contributed by atoms with Crippen molar-refractivity contribution in [3.63, 3.8) is 0 Å². The minimum atomic E-state index is -0.536. The van der Waals surface area contributed by atoms with Gasteiger partial charge < -0.3 is 5.32 Å². The molecule has 2 amide bonds. The molecular weight excluding hydrogens is 425 g/mol. The lowest BCUT2D eigenvalue weighted by molar-refractivity contribution is -0.384. The van der Waals surface area contributed by atoms with Crippen LogP contribution in [0.2, 0.25) is 0 Å². The van der Waals surface area contributed by atoms with Crippen molar-refractivity contribution in [3.05, 3.63) is 111 Å². The van der Waals surface area contributed by atoms with Crippen molar-refractivity contribution in [2.45, 2.75) is 20.4 Å². The molecular formula is C25H20FN3O4. The van der Waals surface area contributed by atoms with Gasteiger partial charge in [0, 0.05) is 17.8 Å². The summed E-state index contributed by atoms with van der Waals surface area (Å²) in [7, 11) is 0. The van der Waals surface area contributed by atoms with Gasteiger partial charge in [-0.2, -0.15) is 0 Å². The number of non-ortho nitro benzene ring substituents is 1. The summed E-state index contributed by atoms with van der Waals surface area (Å²) in [5, 5.41) is 14.1. The summed E-state index contributed by atoms with van der Waals surface area (Å²) >= 11 is 0. The van der Waals surface area contributed by atoms with Crippen LogP contribution in [0.5, 0.6) is 0 Å². The van der Waals surface area contributed by atoms with E-state index in [1.807, 2.05) is 32.0 Å². The number of imide groups is 1. The number of benzene rings is 3. The fraction of sp³-hybridized carbons (Fsp3) is 0.120. The lowest BCUT2D eigenvalue weighted by atomic mass is 10.0. The molecule has 1 aliphatic rings. The number of halogens is 1. The molecule has 1 heterocycles. The third-order valence-electron chi connectivity index (χ3n) is 5.65. The molecule has 0 fully saturated rings. The highest BCUT2D eigenvalue weighted by Gasteiger charge is 2.39. The molecule has 0 saturated carbocycles. The van der Waals surface area contributed by atoms with Crippen LogP contribution >= 0.6 is 0 Å². The predicted octanol–water partition coefficient (Wildman–Crippen LogP) is 4.74. The van der Waals surface area contributed by atoms with Crippen LogP contribution in [-0.4, -0.2) is 21.6 Å². The quantitative estimate of drug-likeness (QED) is 0.336. The first kappa shape index (κ1) is 21.9. The van der Waals surface area contributed by atoms with Crippen molar-refractivity contribution in [2.75, 3.05) is 5.32 Å². The molecule has 7 nitrogen and oxygen atoms in total. The van der Waals surface area contributed by atoms with E-state index >= 15 is 0 Å². The highest BCUT2D eigenvalue weighted by atomic mass is 19.1. The van der Waals surface area contributed by atoms with E-state index in [9.17, 15) is 24.1 Å². The van der Waals surface area contributed by atoms with E-state index < -0.39 is 22.6 Å². The van der Waals surface area contributed by atoms with Crippen LogP contribution in [0.1, 0.15) is 22.3 Å². The zero-order chi connectivity index (χ0) is 23.7. The summed E-state index contributed by atoms with van der Waals surface area (Å²) in [6.07, 6.45) is 0. The van der Waals surface area contributed by atoms with Crippen LogP contribution in [0, 0.1) is 29.8 Å². The number of nitrogens with zero attached hydrogens (tertiary/aromatic N) is 2. The van der Waals surface area contributed by atoms with E-state index in [0.717, 1.165) is 16.0 Å². The smallest absolute Gasteiger partial charge is 0.278 e. The fourth-order valence-corrected chi connectivity index (χ4v) is 3.65. The molecule has 3 aromatic rings. The number of nitro groups is 1. The summed E-state index contributed by atoms with van der Waals surface area (Å²) in [6, 6.07) is 16.6. The summed E-state index contributed by atoms with van der Waals surface area (Å²) in [6.45, 7) is 3.81. The largest absolute Gasteiger partial charge is 0.350 e. The van der Waals surface area contributed by atoms with Crippen molar-refractivity contribution >= 4 is 28.8 Å². The third kappa shape index (κ3) is 4.23. The van der Waals surface area contributed by atoms with Gasteiger partial charge in [-0.3, -0.25) is 24.6 Å². The predicted molar refractivity (Wildman–Crippen MR) is 122 cm³/mol. The molecule has 0 aromatic heterocycles. The summed E-state index contributed by atoms with van der Waals surface area (Å²) in [5.41, 5.74) is 3.67. The highest BCUT2D eigenvalue weighted by Crippen LogP contribution is 2.33. The second-order valence-corrected chi connectivity index (χ2v) is 7.75. The lowest BCUT2D eigenvalue weighted by Gasteiger charge is -2.16. The van der Waals surface area contributed by atoms with Gasteiger partial charge in [-0.1, -0.05) is 24.3 Å². The molecule has 0 aliphatic carbocycles. The molecule has 0 radical (unpaired) electrons. The van der Waals surface area contributed by atoms with Gasteiger partial charge in [0.1, 0.15) is 11.5 Å². The van der Waals surface area contributed by atoms with Crippen LogP contribution in [0.25, 0.3) is 5.57 Å². The summed E-state index contributed by atoms with van der Waals surface area (Å²) in [5.74, 6) is -1.48. The van der Waals surface area contributed by atoms with E-state index in [1.54, 1.807) is 0 Å². The first-order valence-corrected chi connectivity index (χ1v) is 10.2. The molecule has 0 bridgehead atoms. The number of anilines is 1. The normalized spacial score (nSPS) is 13.6. The number of carbonyl (C=O) groups excluding carboxylic acids is 2. The Morgan fingerprint density at radius 3 is 2.24 bits per heavy atom. The molecule has 0 atom stereocenters. The first-order chi connectivity index (χ1) is 15.8. The number of nitrogens with one attached hydrogen (secondary N) is 1. The van der Waals surface area contributed by atoms with Gasteiger partial charge in [0.15, 0.2) is 0 Å². The van der Waals surface area contributed by atoms with Crippen molar-refractivity contribution in [3.8, 4) is 0 Å². The maximum atomic E-state index is 13.4. The van der Waals surface area contributed by atoms with E-state index in [4.69, 9.17) is 0 Å². The van der Waals surface area contributed by atoms with Crippen molar-refractivity contribution in [1.29, 1.82) is 0 Å². The molecule has 0 saturated heterocycles. The number of hydrogen-bond donors (Lipinski definition) is 1. The number of hydrogen-bond acceptors (Lipinski definition) is 5.